The monoisotopic (exact) mass is 410 g/mol. The van der Waals surface area contributed by atoms with E-state index in [2.05, 4.69) is 9.83 Å². The maximum absolute atomic E-state index is 13.9. The fourth-order valence-electron chi connectivity index (χ4n) is 3.82. The molecule has 9 heteroatoms. The molecule has 0 bridgehead atoms. The number of carboxylic acids is 1. The van der Waals surface area contributed by atoms with E-state index in [0.29, 0.717) is 29.8 Å². The average Bonchev–Trinajstić information content (AvgIpc) is 2.89. The van der Waals surface area contributed by atoms with Gasteiger partial charge in [-0.1, -0.05) is 6.57 Å². The lowest BCUT2D eigenvalue weighted by Crippen LogP contribution is -2.55. The van der Waals surface area contributed by atoms with Gasteiger partial charge in [0, 0.05) is 5.69 Å². The van der Waals surface area contributed by atoms with Crippen molar-refractivity contribution in [3.63, 3.8) is 0 Å². The number of hydrogen-bond donors (Lipinski definition) is 1. The molecule has 1 aliphatic carbocycles. The van der Waals surface area contributed by atoms with Crippen LogP contribution in [0.15, 0.2) is 30.5 Å². The van der Waals surface area contributed by atoms with E-state index in [1.54, 1.807) is 17.9 Å². The van der Waals surface area contributed by atoms with Gasteiger partial charge in [0.25, 0.3) is 11.7 Å². The van der Waals surface area contributed by atoms with Gasteiger partial charge in [-0.05, 0) is 68.2 Å². The summed E-state index contributed by atoms with van der Waals surface area (Å²) >= 11 is 5.60. The Morgan fingerprint density at radius 3 is 2.62 bits per heavy atom. The van der Waals surface area contributed by atoms with Crippen molar-refractivity contribution in [2.45, 2.75) is 31.7 Å². The summed E-state index contributed by atoms with van der Waals surface area (Å²) in [5.74, 6) is -2.24. The predicted octanol–water partition coefficient (Wildman–Crippen LogP) is 3.84. The third-order valence-corrected chi connectivity index (χ3v) is 5.80. The Labute approximate surface area is 171 Å². The van der Waals surface area contributed by atoms with Crippen LogP contribution in [0.5, 0.6) is 0 Å². The number of anilines is 2. The highest BCUT2D eigenvalue weighted by Crippen LogP contribution is 2.48. The summed E-state index contributed by atoms with van der Waals surface area (Å²) in [6.07, 6.45) is 3.34. The second-order valence-electron chi connectivity index (χ2n) is 7.06. The number of halogens is 1. The molecule has 146 valence electrons. The highest BCUT2D eigenvalue weighted by atomic mass is 32.1. The van der Waals surface area contributed by atoms with Gasteiger partial charge in [0.15, 0.2) is 5.11 Å². The average molecular weight is 410 g/mol. The first-order chi connectivity index (χ1) is 13.8. The van der Waals surface area contributed by atoms with Crippen molar-refractivity contribution in [3.05, 3.63) is 58.8 Å². The molecule has 1 N–H and O–H groups in total. The number of pyridine rings is 1. The number of hydrogen-bond acceptors (Lipinski definition) is 4. The molecule has 1 spiro atoms. The third kappa shape index (κ3) is 2.68. The Balaban J connectivity index is 1.82. The zero-order valence-electron chi connectivity index (χ0n) is 15.3. The van der Waals surface area contributed by atoms with Crippen molar-refractivity contribution in [3.8, 4) is 0 Å². The number of thiocarbonyl (C=S) groups is 1. The van der Waals surface area contributed by atoms with Crippen LogP contribution < -0.4 is 9.80 Å². The lowest BCUT2D eigenvalue weighted by Gasteiger charge is -2.43. The Kier molecular flexibility index (Phi) is 4.31. The van der Waals surface area contributed by atoms with Crippen molar-refractivity contribution in [2.24, 2.45) is 0 Å². The number of amides is 1. The number of aromatic nitrogens is 1. The molecule has 2 heterocycles. The molecule has 2 aliphatic rings. The van der Waals surface area contributed by atoms with Crippen LogP contribution in [0.4, 0.5) is 21.6 Å². The van der Waals surface area contributed by atoms with Gasteiger partial charge in [0.05, 0.1) is 11.3 Å². The smallest absolute Gasteiger partial charge is 0.338 e. The van der Waals surface area contributed by atoms with E-state index >= 15 is 0 Å². The molecule has 1 saturated heterocycles. The van der Waals surface area contributed by atoms with Crippen LogP contribution in [0.3, 0.4) is 0 Å². The molecule has 1 aliphatic heterocycles. The Hall–Kier alpha value is -3.38. The fourth-order valence-corrected chi connectivity index (χ4v) is 4.28. The van der Waals surface area contributed by atoms with E-state index in [0.717, 1.165) is 12.5 Å². The van der Waals surface area contributed by atoms with Gasteiger partial charge in [-0.2, -0.15) is 0 Å². The van der Waals surface area contributed by atoms with E-state index in [-0.39, 0.29) is 16.8 Å². The largest absolute Gasteiger partial charge is 0.478 e. The number of carbonyl (C=O) groups is 2. The van der Waals surface area contributed by atoms with Gasteiger partial charge >= 0.3 is 5.97 Å². The lowest BCUT2D eigenvalue weighted by molar-refractivity contribution is -0.123. The van der Waals surface area contributed by atoms with Gasteiger partial charge in [-0.3, -0.25) is 9.69 Å². The van der Waals surface area contributed by atoms with Crippen LogP contribution in [0.1, 0.15) is 35.2 Å². The van der Waals surface area contributed by atoms with Crippen molar-refractivity contribution >= 4 is 46.4 Å². The quantitative estimate of drug-likeness (QED) is 0.612. The van der Waals surface area contributed by atoms with Crippen molar-refractivity contribution < 1.29 is 19.1 Å². The summed E-state index contributed by atoms with van der Waals surface area (Å²) in [5, 5.41) is 9.44. The SMILES string of the molecule is [C-]#[N+]c1ncc(N2C(=O)C3(CCC3)N(c3ccc(F)c(C(=O)O)c3)C2=S)cc1C. The summed E-state index contributed by atoms with van der Waals surface area (Å²) in [4.78, 5) is 35.2. The van der Waals surface area contributed by atoms with E-state index < -0.39 is 22.9 Å². The molecule has 1 aromatic carbocycles. The Morgan fingerprint density at radius 2 is 2.07 bits per heavy atom. The predicted molar refractivity (Wildman–Crippen MR) is 108 cm³/mol. The number of benzene rings is 1. The van der Waals surface area contributed by atoms with Crippen molar-refractivity contribution in [2.75, 3.05) is 9.80 Å². The minimum absolute atomic E-state index is 0.175. The number of aromatic carboxylic acids is 1. The Morgan fingerprint density at radius 1 is 1.34 bits per heavy atom. The molecule has 0 unspecified atom stereocenters. The first-order valence-corrected chi connectivity index (χ1v) is 9.27. The first kappa shape index (κ1) is 19.0. The standard InChI is InChI=1S/C20H15FN4O3S/c1-11-8-13(10-23-16(11)22-2)24-18(28)20(6-3-7-20)25(19(24)29)12-4-5-15(21)14(9-12)17(26)27/h4-5,8-10H,3,6-7H2,1H3,(H,26,27). The number of carboxylic acid groups (broad SMARTS) is 1. The van der Waals surface area contributed by atoms with E-state index in [1.165, 1.54) is 23.2 Å². The second kappa shape index (κ2) is 6.60. The van der Waals surface area contributed by atoms with Gasteiger partial charge in [0.1, 0.15) is 17.6 Å². The van der Waals surface area contributed by atoms with E-state index in [1.807, 2.05) is 0 Å². The third-order valence-electron chi connectivity index (χ3n) is 5.43. The van der Waals surface area contributed by atoms with E-state index in [9.17, 15) is 19.1 Å². The normalized spacial score (nSPS) is 17.4. The summed E-state index contributed by atoms with van der Waals surface area (Å²) in [6, 6.07) is 5.37. The number of aryl methyl sites for hydroxylation is 1. The first-order valence-electron chi connectivity index (χ1n) is 8.86. The second-order valence-corrected chi connectivity index (χ2v) is 7.42. The number of rotatable bonds is 3. The molecule has 7 nitrogen and oxygen atoms in total. The van der Waals surface area contributed by atoms with Crippen molar-refractivity contribution in [1.82, 2.24) is 4.98 Å². The van der Waals surface area contributed by atoms with Gasteiger partial charge in [-0.15, -0.1) is 4.98 Å². The zero-order chi connectivity index (χ0) is 20.9. The number of nitrogens with zero attached hydrogens (tertiary/aromatic N) is 4. The molecule has 1 saturated carbocycles. The molecule has 1 aromatic heterocycles. The molecule has 29 heavy (non-hydrogen) atoms. The Bertz CT molecular complexity index is 1120. The highest BCUT2D eigenvalue weighted by Gasteiger charge is 2.59. The molecule has 2 fully saturated rings. The summed E-state index contributed by atoms with van der Waals surface area (Å²) in [7, 11) is 0. The summed E-state index contributed by atoms with van der Waals surface area (Å²) in [6.45, 7) is 8.86. The molecule has 2 aromatic rings. The van der Waals surface area contributed by atoms with Crippen LogP contribution in [0.2, 0.25) is 0 Å². The zero-order valence-corrected chi connectivity index (χ0v) is 16.2. The maximum atomic E-state index is 13.9. The van der Waals surface area contributed by atoms with Crippen LogP contribution in [-0.4, -0.2) is 32.6 Å². The molecule has 1 amide bonds. The minimum Gasteiger partial charge on any atom is -0.478 e. The topological polar surface area (TPSA) is 78.1 Å². The number of carbonyl (C=O) groups excluding carboxylic acids is 1. The molecule has 0 radical (unpaired) electrons. The molecular formula is C20H15FN4O3S. The van der Waals surface area contributed by atoms with Gasteiger partial charge < -0.3 is 14.9 Å². The van der Waals surface area contributed by atoms with Crippen LogP contribution in [0.25, 0.3) is 4.85 Å². The fraction of sp³-hybridized carbons (Fsp3) is 0.250. The maximum Gasteiger partial charge on any atom is 0.338 e. The van der Waals surface area contributed by atoms with Gasteiger partial charge in [-0.25, -0.2) is 9.18 Å². The molecule has 0 atom stereocenters. The lowest BCUT2D eigenvalue weighted by atomic mass is 9.75. The minimum atomic E-state index is -1.39. The van der Waals surface area contributed by atoms with Crippen LogP contribution in [0, 0.1) is 19.3 Å². The van der Waals surface area contributed by atoms with Crippen LogP contribution >= 0.6 is 12.2 Å². The summed E-state index contributed by atoms with van der Waals surface area (Å²) < 4.78 is 13.9. The molecule has 4 rings (SSSR count). The van der Waals surface area contributed by atoms with Crippen molar-refractivity contribution in [1.29, 1.82) is 0 Å². The van der Waals surface area contributed by atoms with E-state index in [4.69, 9.17) is 18.8 Å². The van der Waals surface area contributed by atoms with Gasteiger partial charge in [0.2, 0.25) is 0 Å². The molecular weight excluding hydrogens is 395 g/mol. The summed E-state index contributed by atoms with van der Waals surface area (Å²) in [5.41, 5.74) is 0.0108. The van der Waals surface area contributed by atoms with Crippen LogP contribution in [-0.2, 0) is 4.79 Å². The highest BCUT2D eigenvalue weighted by molar-refractivity contribution is 7.81.